The average Bonchev–Trinajstić information content (AvgIpc) is 2.35. The third kappa shape index (κ3) is 4.44. The average molecular weight is 275 g/mol. The lowest BCUT2D eigenvalue weighted by atomic mass is 10.2. The maximum atomic E-state index is 11.8. The summed E-state index contributed by atoms with van der Waals surface area (Å²) in [5.74, 6) is 1.17. The molecule has 1 saturated heterocycles. The van der Waals surface area contributed by atoms with E-state index in [-0.39, 0.29) is 11.9 Å². The summed E-state index contributed by atoms with van der Waals surface area (Å²) in [6.07, 6.45) is 2.67. The van der Waals surface area contributed by atoms with Gasteiger partial charge in [0.25, 0.3) is 0 Å². The van der Waals surface area contributed by atoms with Crippen LogP contribution in [0.15, 0.2) is 0 Å². The Balaban J connectivity index is 2.35. The lowest BCUT2D eigenvalue weighted by Gasteiger charge is -2.37. The van der Waals surface area contributed by atoms with Gasteiger partial charge in [-0.15, -0.1) is 0 Å². The molecule has 1 aliphatic heterocycles. The summed E-state index contributed by atoms with van der Waals surface area (Å²) in [6, 6.07) is 0.133. The Morgan fingerprint density at radius 2 is 2.00 bits per heavy atom. The number of rotatable bonds is 5. The molecule has 1 amide bonds. The van der Waals surface area contributed by atoms with E-state index in [1.165, 1.54) is 0 Å². The lowest BCUT2D eigenvalue weighted by molar-refractivity contribution is -0.132. The number of thiocarbonyl (C=S) groups is 1. The third-order valence-corrected chi connectivity index (χ3v) is 4.10. The summed E-state index contributed by atoms with van der Waals surface area (Å²) in [4.78, 5) is 16.5. The van der Waals surface area contributed by atoms with Crippen LogP contribution in [0, 0.1) is 0 Å². The van der Waals surface area contributed by atoms with Gasteiger partial charge in [-0.3, -0.25) is 9.69 Å². The number of piperazine rings is 1. The molecule has 0 aromatic heterocycles. The summed E-state index contributed by atoms with van der Waals surface area (Å²) < 4.78 is 0. The van der Waals surface area contributed by atoms with Crippen molar-refractivity contribution in [1.29, 1.82) is 0 Å². The number of amides is 1. The molecule has 6 heteroatoms. The van der Waals surface area contributed by atoms with Gasteiger partial charge < -0.3 is 10.6 Å². The number of carbonyl (C=O) groups excluding carboxylic acids is 1. The van der Waals surface area contributed by atoms with Crippen molar-refractivity contribution in [3.63, 3.8) is 0 Å². The highest BCUT2D eigenvalue weighted by molar-refractivity contribution is 7.98. The number of nitrogens with zero attached hydrogens (tertiary/aromatic N) is 2. The first-order chi connectivity index (χ1) is 8.06. The van der Waals surface area contributed by atoms with Crippen LogP contribution in [0.1, 0.15) is 13.3 Å². The molecule has 1 fully saturated rings. The fourth-order valence-corrected chi connectivity index (χ4v) is 2.41. The Kier molecular flexibility index (Phi) is 6.22. The first-order valence-electron chi connectivity index (χ1n) is 5.86. The first kappa shape index (κ1) is 14.7. The van der Waals surface area contributed by atoms with Gasteiger partial charge >= 0.3 is 0 Å². The van der Waals surface area contributed by atoms with Crippen LogP contribution < -0.4 is 5.73 Å². The van der Waals surface area contributed by atoms with Crippen molar-refractivity contribution in [2.24, 2.45) is 5.73 Å². The monoisotopic (exact) mass is 275 g/mol. The lowest BCUT2D eigenvalue weighted by Crippen LogP contribution is -2.54. The quantitative estimate of drug-likeness (QED) is 0.743. The highest BCUT2D eigenvalue weighted by atomic mass is 32.2. The molecule has 1 aliphatic rings. The number of hydrogen-bond acceptors (Lipinski definition) is 4. The van der Waals surface area contributed by atoms with Crippen LogP contribution in [0.5, 0.6) is 0 Å². The summed E-state index contributed by atoms with van der Waals surface area (Å²) in [7, 11) is 0. The van der Waals surface area contributed by atoms with Gasteiger partial charge in [0.05, 0.1) is 11.0 Å². The molecule has 0 aliphatic carbocycles. The molecular formula is C11H21N3OS2. The van der Waals surface area contributed by atoms with Crippen molar-refractivity contribution in [2.75, 3.05) is 38.2 Å². The highest BCUT2D eigenvalue weighted by Crippen LogP contribution is 2.09. The molecule has 0 saturated carbocycles. The van der Waals surface area contributed by atoms with E-state index >= 15 is 0 Å². The van der Waals surface area contributed by atoms with Gasteiger partial charge in [-0.2, -0.15) is 11.8 Å². The van der Waals surface area contributed by atoms with Gasteiger partial charge in [-0.05, 0) is 13.2 Å². The molecule has 98 valence electrons. The second kappa shape index (κ2) is 7.18. The third-order valence-electron chi connectivity index (χ3n) is 3.15. The zero-order chi connectivity index (χ0) is 12.8. The van der Waals surface area contributed by atoms with Crippen LogP contribution in [-0.4, -0.2) is 64.9 Å². The van der Waals surface area contributed by atoms with E-state index in [1.807, 2.05) is 18.1 Å². The molecule has 17 heavy (non-hydrogen) atoms. The maximum Gasteiger partial charge on any atom is 0.223 e. The topological polar surface area (TPSA) is 49.6 Å². The normalized spacial score (nSPS) is 19.1. The minimum atomic E-state index is 0.133. The predicted octanol–water partition coefficient (Wildman–Crippen LogP) is 0.558. The van der Waals surface area contributed by atoms with Gasteiger partial charge in [-0.1, -0.05) is 12.2 Å². The molecule has 0 aromatic rings. The molecule has 0 aromatic carbocycles. The predicted molar refractivity (Wildman–Crippen MR) is 77.4 cm³/mol. The molecule has 1 atom stereocenters. The Morgan fingerprint density at radius 1 is 1.41 bits per heavy atom. The van der Waals surface area contributed by atoms with E-state index in [2.05, 4.69) is 4.90 Å². The first-order valence-corrected chi connectivity index (χ1v) is 7.66. The zero-order valence-corrected chi connectivity index (χ0v) is 12.1. The summed E-state index contributed by atoms with van der Waals surface area (Å²) in [6.45, 7) is 5.33. The minimum Gasteiger partial charge on any atom is -0.392 e. The molecule has 0 bridgehead atoms. The largest absolute Gasteiger partial charge is 0.392 e. The van der Waals surface area contributed by atoms with Crippen molar-refractivity contribution in [3.8, 4) is 0 Å². The second-order valence-electron chi connectivity index (χ2n) is 4.24. The van der Waals surface area contributed by atoms with Crippen molar-refractivity contribution in [1.82, 2.24) is 9.80 Å². The Bertz CT molecular complexity index is 278. The van der Waals surface area contributed by atoms with Crippen molar-refractivity contribution in [2.45, 2.75) is 19.4 Å². The van der Waals surface area contributed by atoms with Gasteiger partial charge in [0.15, 0.2) is 0 Å². The SMILES string of the molecule is CSCCC(=O)N1CCN(C(C)C(N)=S)CC1. The molecule has 4 nitrogen and oxygen atoms in total. The minimum absolute atomic E-state index is 0.133. The van der Waals surface area contributed by atoms with E-state index < -0.39 is 0 Å². The zero-order valence-electron chi connectivity index (χ0n) is 10.5. The molecule has 1 heterocycles. The van der Waals surface area contributed by atoms with E-state index in [1.54, 1.807) is 11.8 Å². The highest BCUT2D eigenvalue weighted by Gasteiger charge is 2.24. The van der Waals surface area contributed by atoms with Crippen LogP contribution >= 0.6 is 24.0 Å². The number of carbonyl (C=O) groups is 1. The van der Waals surface area contributed by atoms with Crippen LogP contribution in [-0.2, 0) is 4.79 Å². The standard InChI is InChI=1S/C11H21N3OS2/c1-9(11(12)16)13-4-6-14(7-5-13)10(15)3-8-17-2/h9H,3-8H2,1-2H3,(H2,12,16). The fourth-order valence-electron chi connectivity index (χ4n) is 1.89. The van der Waals surface area contributed by atoms with Crippen LogP contribution in [0.2, 0.25) is 0 Å². The van der Waals surface area contributed by atoms with E-state index in [9.17, 15) is 4.79 Å². The van der Waals surface area contributed by atoms with E-state index in [4.69, 9.17) is 18.0 Å². The van der Waals surface area contributed by atoms with Crippen LogP contribution in [0.25, 0.3) is 0 Å². The number of nitrogens with two attached hydrogens (primary N) is 1. The van der Waals surface area contributed by atoms with Crippen molar-refractivity contribution >= 4 is 34.9 Å². The fraction of sp³-hybridized carbons (Fsp3) is 0.818. The molecular weight excluding hydrogens is 254 g/mol. The Labute approximate surface area is 113 Å². The van der Waals surface area contributed by atoms with Gasteiger partial charge in [-0.25, -0.2) is 0 Å². The van der Waals surface area contributed by atoms with E-state index in [0.717, 1.165) is 31.9 Å². The molecule has 1 unspecified atom stereocenters. The molecule has 0 radical (unpaired) electrons. The Morgan fingerprint density at radius 3 is 2.47 bits per heavy atom. The van der Waals surface area contributed by atoms with Crippen LogP contribution in [0.4, 0.5) is 0 Å². The van der Waals surface area contributed by atoms with E-state index in [0.29, 0.717) is 11.4 Å². The Hall–Kier alpha value is -0.330. The van der Waals surface area contributed by atoms with Crippen molar-refractivity contribution < 1.29 is 4.79 Å². The van der Waals surface area contributed by atoms with Gasteiger partial charge in [0.1, 0.15) is 0 Å². The smallest absolute Gasteiger partial charge is 0.223 e. The van der Waals surface area contributed by atoms with Gasteiger partial charge in [0.2, 0.25) is 5.91 Å². The number of hydrogen-bond donors (Lipinski definition) is 1. The van der Waals surface area contributed by atoms with Crippen molar-refractivity contribution in [3.05, 3.63) is 0 Å². The molecule has 1 rings (SSSR count). The van der Waals surface area contributed by atoms with Gasteiger partial charge in [0, 0.05) is 38.4 Å². The summed E-state index contributed by atoms with van der Waals surface area (Å²) >= 11 is 6.70. The number of thioether (sulfide) groups is 1. The maximum absolute atomic E-state index is 11.8. The summed E-state index contributed by atoms with van der Waals surface area (Å²) in [5.41, 5.74) is 5.63. The molecule has 0 spiro atoms. The van der Waals surface area contributed by atoms with Crippen LogP contribution in [0.3, 0.4) is 0 Å². The second-order valence-corrected chi connectivity index (χ2v) is 5.69. The summed E-state index contributed by atoms with van der Waals surface area (Å²) in [5, 5.41) is 0. The molecule has 2 N–H and O–H groups in total.